The zero-order valence-corrected chi connectivity index (χ0v) is 12.3. The maximum absolute atomic E-state index is 12.1. The van der Waals surface area contributed by atoms with E-state index in [0.29, 0.717) is 5.56 Å². The van der Waals surface area contributed by atoms with Crippen LogP contribution in [-0.2, 0) is 21.1 Å². The zero-order chi connectivity index (χ0) is 15.4. The molecule has 0 unspecified atom stereocenters. The van der Waals surface area contributed by atoms with Crippen molar-refractivity contribution in [1.29, 1.82) is 5.26 Å². The van der Waals surface area contributed by atoms with Gasteiger partial charge in [-0.1, -0.05) is 12.1 Å². The molecule has 0 amide bonds. The molecule has 1 aromatic carbocycles. The number of aliphatic carboxylic acids is 1. The molecule has 0 fully saturated rings. The van der Waals surface area contributed by atoms with Gasteiger partial charge in [0.25, 0.3) is 0 Å². The Bertz CT molecular complexity index is 624. The lowest BCUT2D eigenvalue weighted by atomic mass is 9.93. The predicted octanol–water partition coefficient (Wildman–Crippen LogP) is 2.03. The van der Waals surface area contributed by atoms with Crippen molar-refractivity contribution in [2.24, 2.45) is 5.41 Å². The zero-order valence-electron chi connectivity index (χ0n) is 11.5. The number of nitrogens with zero attached hydrogens (tertiary/aromatic N) is 1. The van der Waals surface area contributed by atoms with Crippen LogP contribution in [-0.4, -0.2) is 25.2 Å². The number of rotatable bonds is 6. The van der Waals surface area contributed by atoms with E-state index in [1.165, 1.54) is 24.3 Å². The normalized spacial score (nSPS) is 11.8. The van der Waals surface area contributed by atoms with Gasteiger partial charge >= 0.3 is 5.97 Å². The van der Waals surface area contributed by atoms with Gasteiger partial charge in [-0.15, -0.1) is 0 Å². The van der Waals surface area contributed by atoms with E-state index in [-0.39, 0.29) is 23.5 Å². The molecule has 0 aliphatic rings. The van der Waals surface area contributed by atoms with Gasteiger partial charge in [0.2, 0.25) is 0 Å². The van der Waals surface area contributed by atoms with Crippen LogP contribution < -0.4 is 0 Å². The van der Waals surface area contributed by atoms with Crippen molar-refractivity contribution in [1.82, 2.24) is 0 Å². The van der Waals surface area contributed by atoms with Crippen LogP contribution in [0.15, 0.2) is 29.2 Å². The molecule has 20 heavy (non-hydrogen) atoms. The first-order valence-electron chi connectivity index (χ1n) is 6.11. The van der Waals surface area contributed by atoms with Gasteiger partial charge in [-0.25, -0.2) is 8.42 Å². The van der Waals surface area contributed by atoms with Crippen molar-refractivity contribution in [2.75, 3.05) is 5.75 Å². The first kappa shape index (κ1) is 16.2. The fourth-order valence-corrected chi connectivity index (χ4v) is 3.12. The summed E-state index contributed by atoms with van der Waals surface area (Å²) in [5.74, 6) is -1.07. The summed E-state index contributed by atoms with van der Waals surface area (Å²) in [4.78, 5) is 10.7. The van der Waals surface area contributed by atoms with Crippen molar-refractivity contribution in [2.45, 2.75) is 31.6 Å². The van der Waals surface area contributed by atoms with Gasteiger partial charge in [-0.3, -0.25) is 4.79 Å². The van der Waals surface area contributed by atoms with Gasteiger partial charge in [-0.05, 0) is 38.0 Å². The van der Waals surface area contributed by atoms with Crippen LogP contribution in [0.5, 0.6) is 0 Å². The fourth-order valence-electron chi connectivity index (χ4n) is 1.55. The van der Waals surface area contributed by atoms with Crippen LogP contribution >= 0.6 is 0 Å². The molecule has 0 aliphatic carbocycles. The van der Waals surface area contributed by atoms with E-state index in [9.17, 15) is 13.2 Å². The number of sulfone groups is 1. The molecule has 1 aromatic rings. The number of hydrogen-bond donors (Lipinski definition) is 1. The Balaban J connectivity index is 2.83. The molecule has 0 spiro atoms. The minimum atomic E-state index is -3.45. The summed E-state index contributed by atoms with van der Waals surface area (Å²) < 4.78 is 24.2. The molecule has 0 saturated carbocycles. The number of carbonyl (C=O) groups is 1. The number of nitriles is 1. The topological polar surface area (TPSA) is 95.2 Å². The van der Waals surface area contributed by atoms with Gasteiger partial charge in [0, 0.05) is 0 Å². The molecule has 108 valence electrons. The minimum Gasteiger partial charge on any atom is -0.481 e. The van der Waals surface area contributed by atoms with E-state index in [1.54, 1.807) is 13.8 Å². The summed E-state index contributed by atoms with van der Waals surface area (Å²) in [6.45, 7) is 3.39. The van der Waals surface area contributed by atoms with E-state index in [1.807, 2.05) is 0 Å². The van der Waals surface area contributed by atoms with Crippen LogP contribution in [0.4, 0.5) is 0 Å². The van der Waals surface area contributed by atoms with Crippen molar-refractivity contribution >= 4 is 15.8 Å². The summed E-state index contributed by atoms with van der Waals surface area (Å²) in [5.41, 5.74) is -0.134. The second-order valence-corrected chi connectivity index (χ2v) is 7.39. The SMILES string of the molecule is CC(C)(C#N)CCS(=O)(=O)c1ccc(CC(=O)O)cc1. The lowest BCUT2D eigenvalue weighted by Crippen LogP contribution is -2.16. The minimum absolute atomic E-state index is 0.105. The van der Waals surface area contributed by atoms with E-state index < -0.39 is 21.2 Å². The summed E-state index contributed by atoms with van der Waals surface area (Å²) >= 11 is 0. The fraction of sp³-hybridized carbons (Fsp3) is 0.429. The Morgan fingerprint density at radius 1 is 1.30 bits per heavy atom. The number of benzene rings is 1. The largest absolute Gasteiger partial charge is 0.481 e. The number of carboxylic acids is 1. The lowest BCUT2D eigenvalue weighted by Gasteiger charge is -2.14. The van der Waals surface area contributed by atoms with Crippen LogP contribution in [0.2, 0.25) is 0 Å². The Morgan fingerprint density at radius 3 is 2.30 bits per heavy atom. The smallest absolute Gasteiger partial charge is 0.307 e. The highest BCUT2D eigenvalue weighted by Crippen LogP contribution is 2.22. The molecule has 0 radical (unpaired) electrons. The number of hydrogen-bond acceptors (Lipinski definition) is 4. The molecule has 0 bridgehead atoms. The Hall–Kier alpha value is -1.87. The summed E-state index contributed by atoms with van der Waals surface area (Å²) in [6.07, 6.45) is 0.116. The highest BCUT2D eigenvalue weighted by Gasteiger charge is 2.22. The summed E-state index contributed by atoms with van der Waals surface area (Å²) in [5, 5.41) is 17.5. The average Bonchev–Trinajstić information content (AvgIpc) is 2.37. The first-order valence-corrected chi connectivity index (χ1v) is 7.76. The maximum Gasteiger partial charge on any atom is 0.307 e. The second kappa shape index (κ2) is 6.06. The molecule has 1 N–H and O–H groups in total. The molecule has 0 atom stereocenters. The average molecular weight is 295 g/mol. The van der Waals surface area contributed by atoms with E-state index in [4.69, 9.17) is 10.4 Å². The highest BCUT2D eigenvalue weighted by molar-refractivity contribution is 7.91. The molecule has 0 saturated heterocycles. The molecule has 0 aromatic heterocycles. The molecular weight excluding hydrogens is 278 g/mol. The number of carboxylic acid groups (broad SMARTS) is 1. The first-order chi connectivity index (χ1) is 9.16. The lowest BCUT2D eigenvalue weighted by molar-refractivity contribution is -0.136. The molecule has 6 heteroatoms. The van der Waals surface area contributed by atoms with Gasteiger partial charge in [-0.2, -0.15) is 5.26 Å². The highest BCUT2D eigenvalue weighted by atomic mass is 32.2. The standard InChI is InChI=1S/C14H17NO4S/c1-14(2,10-15)7-8-20(18,19)12-5-3-11(4-6-12)9-13(16)17/h3-6H,7-9H2,1-2H3,(H,16,17). The van der Waals surface area contributed by atoms with Crippen LogP contribution in [0.1, 0.15) is 25.8 Å². The monoisotopic (exact) mass is 295 g/mol. The molecule has 1 rings (SSSR count). The van der Waals surface area contributed by atoms with Gasteiger partial charge in [0.05, 0.1) is 28.6 Å². The summed E-state index contributed by atoms with van der Waals surface area (Å²) in [6, 6.07) is 7.88. The van der Waals surface area contributed by atoms with E-state index >= 15 is 0 Å². The third-order valence-electron chi connectivity index (χ3n) is 2.94. The van der Waals surface area contributed by atoms with Gasteiger partial charge in [0.15, 0.2) is 9.84 Å². The Kier molecular flexibility index (Phi) is 4.90. The predicted molar refractivity (Wildman–Crippen MR) is 73.8 cm³/mol. The molecular formula is C14H17NO4S. The van der Waals surface area contributed by atoms with Crippen molar-refractivity contribution in [3.8, 4) is 6.07 Å². The second-order valence-electron chi connectivity index (χ2n) is 5.28. The van der Waals surface area contributed by atoms with Crippen LogP contribution in [0.25, 0.3) is 0 Å². The van der Waals surface area contributed by atoms with E-state index in [0.717, 1.165) is 0 Å². The molecule has 0 aliphatic heterocycles. The van der Waals surface area contributed by atoms with Gasteiger partial charge in [0.1, 0.15) is 0 Å². The van der Waals surface area contributed by atoms with Crippen LogP contribution in [0.3, 0.4) is 0 Å². The van der Waals surface area contributed by atoms with Crippen LogP contribution in [0, 0.1) is 16.7 Å². The Morgan fingerprint density at radius 2 is 1.85 bits per heavy atom. The third kappa shape index (κ3) is 4.67. The van der Waals surface area contributed by atoms with Crippen molar-refractivity contribution < 1.29 is 18.3 Å². The third-order valence-corrected chi connectivity index (χ3v) is 4.67. The van der Waals surface area contributed by atoms with Crippen molar-refractivity contribution in [3.63, 3.8) is 0 Å². The Labute approximate surface area is 118 Å². The molecule has 5 nitrogen and oxygen atoms in total. The van der Waals surface area contributed by atoms with E-state index in [2.05, 4.69) is 6.07 Å². The summed E-state index contributed by atoms with van der Waals surface area (Å²) in [7, 11) is -3.45. The quantitative estimate of drug-likeness (QED) is 0.866. The van der Waals surface area contributed by atoms with Gasteiger partial charge < -0.3 is 5.11 Å². The van der Waals surface area contributed by atoms with Crippen molar-refractivity contribution in [3.05, 3.63) is 29.8 Å². The molecule has 0 heterocycles. The maximum atomic E-state index is 12.1.